The smallest absolute Gasteiger partial charge is 0.351 e. The van der Waals surface area contributed by atoms with Crippen molar-refractivity contribution in [2.75, 3.05) is 5.01 Å². The number of alkyl halides is 1. The second-order valence-electron chi connectivity index (χ2n) is 6.36. The van der Waals surface area contributed by atoms with Gasteiger partial charge >= 0.3 is 5.97 Å². The van der Waals surface area contributed by atoms with Crippen LogP contribution >= 0.6 is 15.9 Å². The molecule has 5 heteroatoms. The van der Waals surface area contributed by atoms with Crippen LogP contribution in [0.3, 0.4) is 0 Å². The second-order valence-corrected chi connectivity index (χ2v) is 7.53. The van der Waals surface area contributed by atoms with Crippen LogP contribution in [0.1, 0.15) is 32.1 Å². The first kappa shape index (κ1) is 18.6. The van der Waals surface area contributed by atoms with Crippen molar-refractivity contribution in [2.45, 2.75) is 43.0 Å². The van der Waals surface area contributed by atoms with E-state index in [4.69, 9.17) is 4.74 Å². The van der Waals surface area contributed by atoms with Gasteiger partial charge in [-0.15, -0.1) is 0 Å². The van der Waals surface area contributed by atoms with E-state index in [9.17, 15) is 4.79 Å². The highest BCUT2D eigenvalue weighted by Gasteiger charge is 2.24. The number of nitrogens with zero attached hydrogens (tertiary/aromatic N) is 2. The number of halogens is 1. The quantitative estimate of drug-likeness (QED) is 0.214. The van der Waals surface area contributed by atoms with Gasteiger partial charge in [-0.3, -0.25) is 0 Å². The highest BCUT2D eigenvalue weighted by atomic mass is 79.9. The van der Waals surface area contributed by atoms with Crippen LogP contribution in [-0.2, 0) is 9.53 Å². The van der Waals surface area contributed by atoms with Gasteiger partial charge in [-0.2, -0.15) is 5.10 Å². The zero-order chi connectivity index (χ0) is 18.2. The van der Waals surface area contributed by atoms with Gasteiger partial charge < -0.3 is 4.74 Å². The Morgan fingerprint density at radius 1 is 0.962 bits per heavy atom. The molecule has 26 heavy (non-hydrogen) atoms. The van der Waals surface area contributed by atoms with E-state index in [0.717, 1.165) is 30.6 Å². The number of para-hydroxylation sites is 2. The summed E-state index contributed by atoms with van der Waals surface area (Å²) in [6, 6.07) is 19.5. The summed E-state index contributed by atoms with van der Waals surface area (Å²) in [5, 5.41) is 6.13. The Hall–Kier alpha value is -2.14. The molecule has 0 unspecified atom stereocenters. The summed E-state index contributed by atoms with van der Waals surface area (Å²) in [5.74, 6) is -0.404. The van der Waals surface area contributed by atoms with Crippen LogP contribution < -0.4 is 5.01 Å². The molecule has 1 aliphatic rings. The summed E-state index contributed by atoms with van der Waals surface area (Å²) < 4.78 is 5.64. The van der Waals surface area contributed by atoms with E-state index < -0.39 is 5.97 Å². The van der Waals surface area contributed by atoms with Crippen molar-refractivity contribution in [3.63, 3.8) is 0 Å². The van der Waals surface area contributed by atoms with Crippen molar-refractivity contribution in [3.05, 3.63) is 60.7 Å². The lowest BCUT2D eigenvalue weighted by Crippen LogP contribution is -2.27. The first-order chi connectivity index (χ1) is 12.7. The number of benzene rings is 2. The van der Waals surface area contributed by atoms with Crippen LogP contribution in [0.25, 0.3) is 0 Å². The minimum Gasteiger partial charge on any atom is -0.457 e. The van der Waals surface area contributed by atoms with Crippen molar-refractivity contribution in [1.82, 2.24) is 0 Å². The van der Waals surface area contributed by atoms with Crippen molar-refractivity contribution in [3.8, 4) is 0 Å². The Kier molecular flexibility index (Phi) is 6.83. The normalized spacial score (nSPS) is 20.5. The van der Waals surface area contributed by atoms with Crippen LogP contribution in [-0.4, -0.2) is 23.1 Å². The molecule has 2 aromatic carbocycles. The van der Waals surface area contributed by atoms with E-state index in [1.807, 2.05) is 60.7 Å². The summed E-state index contributed by atoms with van der Waals surface area (Å²) in [7, 11) is 0. The molecule has 2 atom stereocenters. The zero-order valence-corrected chi connectivity index (χ0v) is 16.2. The summed E-state index contributed by atoms with van der Waals surface area (Å²) in [4.78, 5) is 12.5. The number of carbonyl (C=O) groups excluding carboxylic acids is 1. The third kappa shape index (κ3) is 5.18. The van der Waals surface area contributed by atoms with Gasteiger partial charge in [-0.05, 0) is 43.5 Å². The van der Waals surface area contributed by atoms with E-state index in [-0.39, 0.29) is 10.9 Å². The van der Waals surface area contributed by atoms with Crippen molar-refractivity contribution in [1.29, 1.82) is 0 Å². The summed E-state index contributed by atoms with van der Waals surface area (Å²) >= 11 is 3.65. The first-order valence-electron chi connectivity index (χ1n) is 9.03. The molecular weight excluding hydrogens is 392 g/mol. The maximum Gasteiger partial charge on any atom is 0.351 e. The molecular formula is C21H23BrN2O2. The molecule has 0 amide bonds. The molecule has 1 saturated carbocycles. The van der Waals surface area contributed by atoms with Crippen molar-refractivity contribution in [2.24, 2.45) is 5.10 Å². The van der Waals surface area contributed by atoms with Crippen LogP contribution in [0.15, 0.2) is 65.8 Å². The molecule has 0 aromatic heterocycles. The average Bonchev–Trinajstić information content (AvgIpc) is 2.88. The highest BCUT2D eigenvalue weighted by molar-refractivity contribution is 9.09. The predicted molar refractivity (Wildman–Crippen MR) is 109 cm³/mol. The lowest BCUT2D eigenvalue weighted by Gasteiger charge is -2.21. The molecule has 2 aromatic rings. The van der Waals surface area contributed by atoms with Gasteiger partial charge in [0.2, 0.25) is 0 Å². The van der Waals surface area contributed by atoms with Gasteiger partial charge in [0, 0.05) is 0 Å². The maximum absolute atomic E-state index is 12.3. The van der Waals surface area contributed by atoms with Gasteiger partial charge in [0.25, 0.3) is 0 Å². The largest absolute Gasteiger partial charge is 0.457 e. The van der Waals surface area contributed by atoms with E-state index in [1.165, 1.54) is 19.1 Å². The van der Waals surface area contributed by atoms with Gasteiger partial charge in [-0.25, -0.2) is 9.80 Å². The minimum atomic E-state index is -0.404. The Bertz CT molecular complexity index is 682. The molecule has 1 aliphatic carbocycles. The number of rotatable bonds is 5. The summed E-state index contributed by atoms with van der Waals surface area (Å²) in [5.41, 5.74) is 1.77. The third-order valence-electron chi connectivity index (χ3n) is 4.42. The fourth-order valence-corrected chi connectivity index (χ4v) is 3.76. The lowest BCUT2D eigenvalue weighted by molar-refractivity contribution is -0.140. The van der Waals surface area contributed by atoms with Gasteiger partial charge in [0.1, 0.15) is 12.3 Å². The SMILES string of the molecule is O=C(/C=N/N(c1ccccc1)c1ccccc1)O[C@@H]1CCCCC[C@H]1Br. The number of anilines is 2. The Morgan fingerprint density at radius 3 is 2.15 bits per heavy atom. The topological polar surface area (TPSA) is 41.9 Å². The molecule has 0 aliphatic heterocycles. The monoisotopic (exact) mass is 414 g/mol. The predicted octanol–water partition coefficient (Wildman–Crippen LogP) is 5.45. The van der Waals surface area contributed by atoms with Crippen LogP contribution in [0.5, 0.6) is 0 Å². The summed E-state index contributed by atoms with van der Waals surface area (Å²) in [6.07, 6.45) is 6.58. The molecule has 0 saturated heterocycles. The zero-order valence-electron chi connectivity index (χ0n) is 14.6. The number of hydrazone groups is 1. The molecule has 136 valence electrons. The number of ether oxygens (including phenoxy) is 1. The standard InChI is InChI=1S/C21H23BrN2O2/c22-19-14-8-3-9-15-20(19)26-21(25)16-23-24(17-10-4-1-5-11-17)18-12-6-2-7-13-18/h1-2,4-7,10-13,16,19-20H,3,8-9,14-15H2/b23-16+/t19-,20-/m1/s1. The van der Waals surface area contributed by atoms with Crippen molar-refractivity contribution >= 4 is 39.5 Å². The third-order valence-corrected chi connectivity index (χ3v) is 5.47. The number of hydrogen-bond acceptors (Lipinski definition) is 4. The fraction of sp³-hybridized carbons (Fsp3) is 0.333. The number of carbonyl (C=O) groups is 1. The maximum atomic E-state index is 12.3. The van der Waals surface area contributed by atoms with E-state index in [2.05, 4.69) is 21.0 Å². The van der Waals surface area contributed by atoms with Gasteiger partial charge in [0.15, 0.2) is 0 Å². The van der Waals surface area contributed by atoms with Crippen LogP contribution in [0.4, 0.5) is 11.4 Å². The van der Waals surface area contributed by atoms with E-state index in [0.29, 0.717) is 0 Å². The molecule has 0 spiro atoms. The van der Waals surface area contributed by atoms with E-state index >= 15 is 0 Å². The number of esters is 1. The fourth-order valence-electron chi connectivity index (χ4n) is 3.07. The van der Waals surface area contributed by atoms with Crippen LogP contribution in [0.2, 0.25) is 0 Å². The molecule has 0 bridgehead atoms. The van der Waals surface area contributed by atoms with Crippen molar-refractivity contribution < 1.29 is 9.53 Å². The molecule has 4 nitrogen and oxygen atoms in total. The molecule has 0 radical (unpaired) electrons. The minimum absolute atomic E-state index is 0.0849. The average molecular weight is 415 g/mol. The first-order valence-corrected chi connectivity index (χ1v) is 9.94. The lowest BCUT2D eigenvalue weighted by atomic mass is 10.1. The van der Waals surface area contributed by atoms with Gasteiger partial charge in [-0.1, -0.05) is 65.2 Å². The van der Waals surface area contributed by atoms with Crippen LogP contribution in [0, 0.1) is 0 Å². The molecule has 0 heterocycles. The molecule has 0 N–H and O–H groups in total. The Balaban J connectivity index is 1.73. The number of hydrogen-bond donors (Lipinski definition) is 0. The van der Waals surface area contributed by atoms with E-state index in [1.54, 1.807) is 5.01 Å². The molecule has 3 rings (SSSR count). The Labute approximate surface area is 163 Å². The second kappa shape index (κ2) is 9.53. The van der Waals surface area contributed by atoms with Gasteiger partial charge in [0.05, 0.1) is 16.2 Å². The Morgan fingerprint density at radius 2 is 1.54 bits per heavy atom. The molecule has 1 fully saturated rings. The summed E-state index contributed by atoms with van der Waals surface area (Å²) in [6.45, 7) is 0. The highest BCUT2D eigenvalue weighted by Crippen LogP contribution is 2.27.